The molecule has 176 valence electrons. The number of benzene rings is 2. The largest absolute Gasteiger partial charge is 0.326 e. The molecule has 0 spiro atoms. The lowest BCUT2D eigenvalue weighted by molar-refractivity contribution is -0.352. The van der Waals surface area contributed by atoms with E-state index in [-0.39, 0.29) is 22.5 Å². The fourth-order valence-electron chi connectivity index (χ4n) is 3.45. The molecule has 0 aliphatic heterocycles. The number of nitrogens with one attached hydrogen (secondary N) is 4. The van der Waals surface area contributed by atoms with Crippen LogP contribution in [0.25, 0.3) is 11.0 Å². The van der Waals surface area contributed by atoms with E-state index in [2.05, 4.69) is 25.0 Å². The first-order chi connectivity index (χ1) is 16.2. The van der Waals surface area contributed by atoms with Crippen molar-refractivity contribution in [2.75, 3.05) is 15.8 Å². The predicted octanol–water partition coefficient (Wildman–Crippen LogP) is 4.43. The highest BCUT2D eigenvalue weighted by Gasteiger charge is 2.28. The normalized spacial score (nSPS) is 11.5. The smallest absolute Gasteiger partial charge is 0.236 e. The predicted molar refractivity (Wildman–Crippen MR) is 125 cm³/mol. The lowest BCUT2D eigenvalue weighted by atomic mass is 10.0. The minimum absolute atomic E-state index is 0.0738. The summed E-state index contributed by atoms with van der Waals surface area (Å²) in [6, 6.07) is 8.56. The molecule has 0 unspecified atom stereocenters. The number of fused-ring (bicyclic) bond motifs is 1. The molecule has 0 atom stereocenters. The summed E-state index contributed by atoms with van der Waals surface area (Å²) in [7, 11) is -3.86. The summed E-state index contributed by atoms with van der Waals surface area (Å²) in [4.78, 5) is 23.2. The zero-order valence-electron chi connectivity index (χ0n) is 17.7. The van der Waals surface area contributed by atoms with Gasteiger partial charge in [-0.1, -0.05) is 29.6 Å². The Hall–Kier alpha value is -3.57. The van der Waals surface area contributed by atoms with E-state index in [0.29, 0.717) is 22.8 Å². The standard InChI is InChI=1S/C22H18ClF2N5O3S/c1-2-8-34(32,33)30-16-7-6-15(24)18(19(16)25)20(31)14-10-26-21-17(14)22(28-11-27-21)29-13-5-3-4-12(23)9-13/h3-7,9-11,30H,2,8H2,1H3,(H2,26,27,28,29)/p+1. The van der Waals surface area contributed by atoms with E-state index in [9.17, 15) is 17.6 Å². The molecule has 2 heterocycles. The minimum Gasteiger partial charge on any atom is -0.326 e. The van der Waals surface area contributed by atoms with Gasteiger partial charge in [-0.25, -0.2) is 22.2 Å². The average molecular weight is 507 g/mol. The van der Waals surface area contributed by atoms with Crippen LogP contribution in [-0.4, -0.2) is 29.9 Å². The van der Waals surface area contributed by atoms with Crippen LogP contribution >= 0.6 is 11.6 Å². The molecule has 0 radical (unpaired) electrons. The first-order valence-corrected chi connectivity index (χ1v) is 12.2. The van der Waals surface area contributed by atoms with Gasteiger partial charge in [-0.3, -0.25) is 14.5 Å². The first kappa shape index (κ1) is 23.6. The van der Waals surface area contributed by atoms with Crippen molar-refractivity contribution in [1.82, 2.24) is 9.97 Å². The van der Waals surface area contributed by atoms with E-state index in [1.54, 1.807) is 31.2 Å². The summed E-state index contributed by atoms with van der Waals surface area (Å²) in [5.41, 5.74) is -0.523. The van der Waals surface area contributed by atoms with Gasteiger partial charge in [0.25, 0.3) is 0 Å². The molecule has 4 N–H and O–H groups in total. The van der Waals surface area contributed by atoms with Crippen LogP contribution in [0.15, 0.2) is 48.9 Å². The molecule has 2 aromatic heterocycles. The number of halogens is 3. The lowest BCUT2D eigenvalue weighted by Crippen LogP contribution is -2.18. The molecule has 34 heavy (non-hydrogen) atoms. The quantitative estimate of drug-likeness (QED) is 0.305. The van der Waals surface area contributed by atoms with Gasteiger partial charge < -0.3 is 5.32 Å². The van der Waals surface area contributed by atoms with Gasteiger partial charge in [-0.05, 0) is 36.8 Å². The Bertz CT molecular complexity index is 1510. The molecular weight excluding hydrogens is 488 g/mol. The van der Waals surface area contributed by atoms with E-state index in [0.717, 1.165) is 12.1 Å². The third kappa shape index (κ3) is 4.70. The fraction of sp³-hybridized carbons (Fsp3) is 0.136. The Morgan fingerprint density at radius 1 is 1.24 bits per heavy atom. The molecule has 0 saturated carbocycles. The first-order valence-electron chi connectivity index (χ1n) is 10.1. The number of hydrogen-bond acceptors (Lipinski definition) is 5. The number of anilines is 3. The molecule has 2 aromatic carbocycles. The monoisotopic (exact) mass is 506 g/mol. The van der Waals surface area contributed by atoms with Gasteiger partial charge in [-0.2, -0.15) is 0 Å². The average Bonchev–Trinajstić information content (AvgIpc) is 3.21. The van der Waals surface area contributed by atoms with E-state index in [4.69, 9.17) is 11.6 Å². The van der Waals surface area contributed by atoms with Gasteiger partial charge in [0.1, 0.15) is 11.2 Å². The Morgan fingerprint density at radius 3 is 2.76 bits per heavy atom. The SMILES string of the molecule is CCCS(=O)(=O)Nc1ccc(F)c(C(=O)c2c[nH]c3[nH+]cnc(Nc4cccc(Cl)c4)c23)c1F. The maximum atomic E-state index is 15.2. The summed E-state index contributed by atoms with van der Waals surface area (Å²) in [6.07, 6.45) is 2.97. The maximum Gasteiger partial charge on any atom is 0.236 e. The third-order valence-electron chi connectivity index (χ3n) is 4.91. The lowest BCUT2D eigenvalue weighted by Gasteiger charge is -2.11. The molecule has 0 amide bonds. The summed E-state index contributed by atoms with van der Waals surface area (Å²) < 4.78 is 56.0. The van der Waals surface area contributed by atoms with Crippen LogP contribution < -0.4 is 15.0 Å². The van der Waals surface area contributed by atoms with Gasteiger partial charge >= 0.3 is 0 Å². The minimum atomic E-state index is -3.86. The van der Waals surface area contributed by atoms with Crippen LogP contribution in [0.1, 0.15) is 29.3 Å². The summed E-state index contributed by atoms with van der Waals surface area (Å²) in [5.74, 6) is -3.45. The van der Waals surface area contributed by atoms with Crippen molar-refractivity contribution < 1.29 is 27.0 Å². The van der Waals surface area contributed by atoms with Crippen molar-refractivity contribution in [3.8, 4) is 0 Å². The second kappa shape index (κ2) is 9.35. The second-order valence-corrected chi connectivity index (χ2v) is 9.65. The molecule has 8 nitrogen and oxygen atoms in total. The Labute approximate surface area is 198 Å². The molecule has 0 aliphatic carbocycles. The van der Waals surface area contributed by atoms with Gasteiger partial charge in [0.2, 0.25) is 33.6 Å². The molecule has 12 heteroatoms. The van der Waals surface area contributed by atoms with Crippen LogP contribution in [-0.2, 0) is 10.0 Å². The van der Waals surface area contributed by atoms with Gasteiger partial charge in [0, 0.05) is 10.7 Å². The van der Waals surface area contributed by atoms with E-state index in [1.807, 2.05) is 0 Å². The number of sulfonamides is 1. The van der Waals surface area contributed by atoms with E-state index in [1.165, 1.54) is 12.5 Å². The van der Waals surface area contributed by atoms with Gasteiger partial charge in [0.15, 0.2) is 5.82 Å². The zero-order chi connectivity index (χ0) is 24.5. The van der Waals surface area contributed by atoms with Crippen molar-refractivity contribution in [3.05, 3.63) is 76.7 Å². The van der Waals surface area contributed by atoms with E-state index >= 15 is 4.39 Å². The van der Waals surface area contributed by atoms with Crippen molar-refractivity contribution in [1.29, 1.82) is 0 Å². The van der Waals surface area contributed by atoms with Crippen molar-refractivity contribution in [2.45, 2.75) is 13.3 Å². The maximum absolute atomic E-state index is 15.2. The number of aromatic nitrogens is 3. The van der Waals surface area contributed by atoms with Crippen LogP contribution in [0.4, 0.5) is 26.0 Å². The summed E-state index contributed by atoms with van der Waals surface area (Å²) >= 11 is 6.03. The number of ketones is 1. The molecule has 0 fully saturated rings. The van der Waals surface area contributed by atoms with Crippen LogP contribution in [0.3, 0.4) is 0 Å². The zero-order valence-corrected chi connectivity index (χ0v) is 19.3. The number of aromatic amines is 2. The highest BCUT2D eigenvalue weighted by molar-refractivity contribution is 7.92. The molecule has 4 aromatic rings. The van der Waals surface area contributed by atoms with Gasteiger partial charge in [0.05, 0.1) is 28.8 Å². The van der Waals surface area contributed by atoms with Crippen molar-refractivity contribution >= 4 is 55.6 Å². The Kier molecular flexibility index (Phi) is 6.49. The number of hydrogen-bond donors (Lipinski definition) is 3. The van der Waals surface area contributed by atoms with Gasteiger partial charge in [-0.15, -0.1) is 0 Å². The summed E-state index contributed by atoms with van der Waals surface area (Å²) in [5, 5.41) is 3.77. The third-order valence-corrected chi connectivity index (χ3v) is 6.62. The molecule has 4 rings (SSSR count). The van der Waals surface area contributed by atoms with Crippen molar-refractivity contribution in [3.63, 3.8) is 0 Å². The second-order valence-electron chi connectivity index (χ2n) is 7.37. The van der Waals surface area contributed by atoms with Crippen molar-refractivity contribution in [2.24, 2.45) is 0 Å². The van der Waals surface area contributed by atoms with E-state index < -0.39 is 38.7 Å². The number of carbonyl (C=O) groups excluding carboxylic acids is 1. The molecule has 0 aliphatic rings. The molecule has 0 bridgehead atoms. The Morgan fingerprint density at radius 2 is 2.03 bits per heavy atom. The summed E-state index contributed by atoms with van der Waals surface area (Å²) in [6.45, 7) is 1.65. The molecular formula is C22H19ClF2N5O3S+. The highest BCUT2D eigenvalue weighted by Crippen LogP contribution is 2.30. The number of carbonyl (C=O) groups is 1. The highest BCUT2D eigenvalue weighted by atomic mass is 35.5. The Balaban J connectivity index is 1.79. The van der Waals surface area contributed by atoms with Crippen LogP contribution in [0, 0.1) is 11.6 Å². The number of nitrogens with zero attached hydrogens (tertiary/aromatic N) is 1. The molecule has 0 saturated heterocycles. The van der Waals surface area contributed by atoms with Crippen LogP contribution in [0.2, 0.25) is 5.02 Å². The number of H-pyrrole nitrogens is 2. The topological polar surface area (TPSA) is 118 Å². The number of rotatable bonds is 8. The van der Waals surface area contributed by atoms with Crippen LogP contribution in [0.5, 0.6) is 0 Å². The fourth-order valence-corrected chi connectivity index (χ4v) is 4.77.